The van der Waals surface area contributed by atoms with Crippen LogP contribution >= 0.6 is 15.9 Å². The Labute approximate surface area is 111 Å². The van der Waals surface area contributed by atoms with Crippen molar-refractivity contribution in [3.63, 3.8) is 0 Å². The zero-order valence-electron chi connectivity index (χ0n) is 10.5. The van der Waals surface area contributed by atoms with Gasteiger partial charge in [-0.05, 0) is 53.0 Å². The second kappa shape index (κ2) is 7.09. The van der Waals surface area contributed by atoms with Crippen LogP contribution in [-0.4, -0.2) is 20.8 Å². The third-order valence-corrected chi connectivity index (χ3v) is 3.60. The molecule has 0 aliphatic heterocycles. The zero-order valence-corrected chi connectivity index (χ0v) is 12.1. The van der Waals surface area contributed by atoms with Crippen molar-refractivity contribution in [2.45, 2.75) is 19.4 Å². The molecule has 1 rings (SSSR count). The Morgan fingerprint density at radius 1 is 1.47 bits per heavy atom. The highest BCUT2D eigenvalue weighted by atomic mass is 79.9. The summed E-state index contributed by atoms with van der Waals surface area (Å²) in [5.41, 5.74) is 0.969. The number of ether oxygens (including phenoxy) is 1. The van der Waals surface area contributed by atoms with Crippen molar-refractivity contribution in [2.75, 3.05) is 20.8 Å². The highest BCUT2D eigenvalue weighted by Crippen LogP contribution is 2.27. The van der Waals surface area contributed by atoms with Gasteiger partial charge in [0.1, 0.15) is 5.82 Å². The summed E-state index contributed by atoms with van der Waals surface area (Å²) in [5, 5.41) is 3.24. The van der Waals surface area contributed by atoms with Crippen LogP contribution in [0.3, 0.4) is 0 Å². The van der Waals surface area contributed by atoms with E-state index >= 15 is 0 Å². The first-order chi connectivity index (χ1) is 8.10. The van der Waals surface area contributed by atoms with Gasteiger partial charge in [-0.15, -0.1) is 0 Å². The first-order valence-electron chi connectivity index (χ1n) is 5.71. The lowest BCUT2D eigenvalue weighted by Crippen LogP contribution is -2.24. The quantitative estimate of drug-likeness (QED) is 0.868. The molecule has 0 saturated carbocycles. The fourth-order valence-corrected chi connectivity index (χ4v) is 2.20. The minimum Gasteiger partial charge on any atom is -0.385 e. The molecule has 1 aromatic rings. The molecule has 4 heteroatoms. The van der Waals surface area contributed by atoms with Crippen LogP contribution in [0.1, 0.15) is 24.9 Å². The molecule has 0 heterocycles. The molecule has 0 aromatic heterocycles. The number of nitrogens with one attached hydrogen (secondary N) is 1. The van der Waals surface area contributed by atoms with E-state index in [4.69, 9.17) is 4.74 Å². The van der Waals surface area contributed by atoms with E-state index in [-0.39, 0.29) is 11.9 Å². The van der Waals surface area contributed by atoms with Gasteiger partial charge in [0, 0.05) is 19.8 Å². The number of methoxy groups -OCH3 is 1. The number of rotatable bonds is 6. The molecule has 2 unspecified atom stereocenters. The fourth-order valence-electron chi connectivity index (χ4n) is 1.96. The molecule has 0 aliphatic carbocycles. The zero-order chi connectivity index (χ0) is 12.8. The molecule has 0 spiro atoms. The second-order valence-corrected chi connectivity index (χ2v) is 5.05. The molecule has 2 atom stereocenters. The van der Waals surface area contributed by atoms with Crippen LogP contribution in [0.15, 0.2) is 22.7 Å². The van der Waals surface area contributed by atoms with Crippen molar-refractivity contribution in [3.05, 3.63) is 34.1 Å². The van der Waals surface area contributed by atoms with E-state index in [0.717, 1.165) is 18.6 Å². The molecule has 96 valence electrons. The van der Waals surface area contributed by atoms with Crippen LogP contribution in [0.25, 0.3) is 0 Å². The van der Waals surface area contributed by atoms with Gasteiger partial charge in [-0.2, -0.15) is 0 Å². The van der Waals surface area contributed by atoms with E-state index in [2.05, 4.69) is 28.2 Å². The number of hydrogen-bond acceptors (Lipinski definition) is 2. The fraction of sp³-hybridized carbons (Fsp3) is 0.538. The maximum Gasteiger partial charge on any atom is 0.137 e. The van der Waals surface area contributed by atoms with E-state index in [1.807, 2.05) is 13.1 Å². The Kier molecular flexibility index (Phi) is 6.09. The summed E-state index contributed by atoms with van der Waals surface area (Å²) in [6, 6.07) is 5.41. The van der Waals surface area contributed by atoms with Crippen molar-refractivity contribution in [1.82, 2.24) is 5.32 Å². The molecule has 1 aromatic carbocycles. The monoisotopic (exact) mass is 303 g/mol. The predicted molar refractivity (Wildman–Crippen MR) is 71.6 cm³/mol. The highest BCUT2D eigenvalue weighted by molar-refractivity contribution is 9.10. The van der Waals surface area contributed by atoms with Gasteiger partial charge in [0.05, 0.1) is 4.47 Å². The van der Waals surface area contributed by atoms with E-state index in [9.17, 15) is 4.39 Å². The molecule has 0 amide bonds. The molecular formula is C13H19BrFNO. The summed E-state index contributed by atoms with van der Waals surface area (Å²) in [7, 11) is 3.59. The van der Waals surface area contributed by atoms with Gasteiger partial charge in [-0.3, -0.25) is 0 Å². The summed E-state index contributed by atoms with van der Waals surface area (Å²) in [6.07, 6.45) is 0.944. The smallest absolute Gasteiger partial charge is 0.137 e. The normalized spacial score (nSPS) is 14.6. The number of halogens is 2. The minimum atomic E-state index is -0.221. The lowest BCUT2D eigenvalue weighted by atomic mass is 9.92. The summed E-state index contributed by atoms with van der Waals surface area (Å²) >= 11 is 3.16. The Morgan fingerprint density at radius 3 is 2.71 bits per heavy atom. The maximum atomic E-state index is 13.5. The number of hydrogen-bond donors (Lipinski definition) is 1. The van der Waals surface area contributed by atoms with Gasteiger partial charge in [0.15, 0.2) is 0 Å². The van der Waals surface area contributed by atoms with Gasteiger partial charge < -0.3 is 10.1 Å². The summed E-state index contributed by atoms with van der Waals surface area (Å²) in [6.45, 7) is 2.86. The number of benzene rings is 1. The average molecular weight is 304 g/mol. The van der Waals surface area contributed by atoms with E-state index in [0.29, 0.717) is 10.4 Å². The van der Waals surface area contributed by atoms with Gasteiger partial charge in [-0.25, -0.2) is 4.39 Å². The van der Waals surface area contributed by atoms with E-state index in [1.54, 1.807) is 19.2 Å². The van der Waals surface area contributed by atoms with Crippen LogP contribution < -0.4 is 5.32 Å². The van der Waals surface area contributed by atoms with Gasteiger partial charge in [-0.1, -0.05) is 13.0 Å². The second-order valence-electron chi connectivity index (χ2n) is 4.20. The summed E-state index contributed by atoms with van der Waals surface area (Å²) < 4.78 is 19.1. The Morgan fingerprint density at radius 2 is 2.18 bits per heavy atom. The molecule has 0 aliphatic rings. The topological polar surface area (TPSA) is 21.3 Å². The molecular weight excluding hydrogens is 285 g/mol. The van der Waals surface area contributed by atoms with Crippen LogP contribution in [-0.2, 0) is 4.74 Å². The molecule has 0 fully saturated rings. The van der Waals surface area contributed by atoms with E-state index < -0.39 is 0 Å². The minimum absolute atomic E-state index is 0.146. The maximum absolute atomic E-state index is 13.5. The van der Waals surface area contributed by atoms with Crippen LogP contribution in [0.4, 0.5) is 4.39 Å². The lowest BCUT2D eigenvalue weighted by molar-refractivity contribution is 0.171. The third-order valence-electron chi connectivity index (χ3n) is 2.96. The molecule has 0 radical (unpaired) electrons. The molecule has 2 nitrogen and oxygen atoms in total. The van der Waals surface area contributed by atoms with Crippen molar-refractivity contribution in [2.24, 2.45) is 5.92 Å². The SMILES string of the molecule is CNC(c1ccc(Br)c(F)c1)C(C)CCOC. The first kappa shape index (κ1) is 14.6. The van der Waals surface area contributed by atoms with Crippen LogP contribution in [0.2, 0.25) is 0 Å². The lowest BCUT2D eigenvalue weighted by Gasteiger charge is -2.24. The molecule has 0 saturated heterocycles. The molecule has 17 heavy (non-hydrogen) atoms. The van der Waals surface area contributed by atoms with Crippen molar-refractivity contribution in [3.8, 4) is 0 Å². The highest BCUT2D eigenvalue weighted by Gasteiger charge is 2.18. The van der Waals surface area contributed by atoms with Crippen molar-refractivity contribution < 1.29 is 9.13 Å². The van der Waals surface area contributed by atoms with Gasteiger partial charge >= 0.3 is 0 Å². The Balaban J connectivity index is 2.81. The van der Waals surface area contributed by atoms with Crippen LogP contribution in [0.5, 0.6) is 0 Å². The Hall–Kier alpha value is -0.450. The largest absolute Gasteiger partial charge is 0.385 e. The molecule has 1 N–H and O–H groups in total. The summed E-state index contributed by atoms with van der Waals surface area (Å²) in [5.74, 6) is 0.169. The first-order valence-corrected chi connectivity index (χ1v) is 6.50. The average Bonchev–Trinajstić information content (AvgIpc) is 2.32. The Bertz CT molecular complexity index is 359. The standard InChI is InChI=1S/C13H19BrFNO/c1-9(6-7-17-3)13(16-2)10-4-5-11(14)12(15)8-10/h4-5,8-9,13,16H,6-7H2,1-3H3. The van der Waals surface area contributed by atoms with Crippen LogP contribution in [0, 0.1) is 11.7 Å². The summed E-state index contributed by atoms with van der Waals surface area (Å²) in [4.78, 5) is 0. The van der Waals surface area contributed by atoms with Gasteiger partial charge in [0.25, 0.3) is 0 Å². The van der Waals surface area contributed by atoms with Gasteiger partial charge in [0.2, 0.25) is 0 Å². The molecule has 0 bridgehead atoms. The predicted octanol–water partition coefficient (Wildman–Crippen LogP) is 3.52. The van der Waals surface area contributed by atoms with Crippen molar-refractivity contribution in [1.29, 1.82) is 0 Å². The van der Waals surface area contributed by atoms with Crippen molar-refractivity contribution >= 4 is 15.9 Å². The third kappa shape index (κ3) is 4.05. The van der Waals surface area contributed by atoms with E-state index in [1.165, 1.54) is 0 Å².